The number of hydrogen-bond acceptors (Lipinski definition) is 6. The summed E-state index contributed by atoms with van der Waals surface area (Å²) >= 11 is 0. The molecule has 1 N–H and O–H groups in total. The standard InChI is InChI=1S/C29H30F3N3O4/c1-17(2)38-23-7-6-18(14-22(23)29(30,31)32)25-33-24(34-39-25)20-4-3-5-21-19(20)8-9-27(21)12-13-35(15-27)16-28(10-11-28)26(36)37/h3-7,14,17H,8-13,15-16H2,1-2H3,(H,36,37). The molecule has 39 heavy (non-hydrogen) atoms. The lowest BCUT2D eigenvalue weighted by atomic mass is 9.81. The van der Waals surface area contributed by atoms with Crippen molar-refractivity contribution in [1.82, 2.24) is 15.0 Å². The van der Waals surface area contributed by atoms with Gasteiger partial charge in [0.05, 0.1) is 17.1 Å². The highest BCUT2D eigenvalue weighted by atomic mass is 19.4. The first-order valence-electron chi connectivity index (χ1n) is 13.3. The molecular weight excluding hydrogens is 511 g/mol. The zero-order valence-electron chi connectivity index (χ0n) is 21.8. The Morgan fingerprint density at radius 3 is 2.67 bits per heavy atom. The van der Waals surface area contributed by atoms with Crippen LogP contribution in [0.1, 0.15) is 56.2 Å². The molecule has 206 valence electrons. The minimum absolute atomic E-state index is 0.00681. The summed E-state index contributed by atoms with van der Waals surface area (Å²) in [6.07, 6.45) is -0.790. The lowest BCUT2D eigenvalue weighted by Crippen LogP contribution is -2.35. The number of alkyl halides is 3. The molecule has 0 radical (unpaired) electrons. The number of aliphatic carboxylic acids is 1. The Morgan fingerprint density at radius 1 is 1.18 bits per heavy atom. The summed E-state index contributed by atoms with van der Waals surface area (Å²) in [5, 5.41) is 13.8. The van der Waals surface area contributed by atoms with Gasteiger partial charge in [0.1, 0.15) is 5.75 Å². The second-order valence-electron chi connectivity index (χ2n) is 11.5. The van der Waals surface area contributed by atoms with Crippen LogP contribution >= 0.6 is 0 Å². The zero-order chi connectivity index (χ0) is 27.6. The molecule has 2 aromatic carbocycles. The van der Waals surface area contributed by atoms with E-state index in [2.05, 4.69) is 21.1 Å². The summed E-state index contributed by atoms with van der Waals surface area (Å²) < 4.78 is 52.0. The third kappa shape index (κ3) is 4.58. The summed E-state index contributed by atoms with van der Waals surface area (Å²) in [6, 6.07) is 9.77. The van der Waals surface area contributed by atoms with Gasteiger partial charge in [-0.25, -0.2) is 0 Å². The molecule has 1 saturated heterocycles. The van der Waals surface area contributed by atoms with E-state index in [9.17, 15) is 23.1 Å². The number of ether oxygens (including phenoxy) is 1. The van der Waals surface area contributed by atoms with Crippen molar-refractivity contribution in [3.8, 4) is 28.6 Å². The molecule has 3 aliphatic rings. The van der Waals surface area contributed by atoms with Crippen LogP contribution in [0.25, 0.3) is 22.8 Å². The smallest absolute Gasteiger partial charge is 0.419 e. The van der Waals surface area contributed by atoms with Crippen molar-refractivity contribution in [1.29, 1.82) is 0 Å². The number of carbonyl (C=O) groups is 1. The van der Waals surface area contributed by atoms with E-state index in [4.69, 9.17) is 9.26 Å². The summed E-state index contributed by atoms with van der Waals surface area (Å²) in [4.78, 5) is 18.5. The number of hydrogen-bond donors (Lipinski definition) is 1. The number of nitrogens with zero attached hydrogens (tertiary/aromatic N) is 3. The van der Waals surface area contributed by atoms with Crippen molar-refractivity contribution in [3.63, 3.8) is 0 Å². The Bertz CT molecular complexity index is 1430. The van der Waals surface area contributed by atoms with Crippen LogP contribution < -0.4 is 4.74 Å². The monoisotopic (exact) mass is 541 g/mol. The number of halogens is 3. The van der Waals surface area contributed by atoms with E-state index in [1.54, 1.807) is 13.8 Å². The minimum Gasteiger partial charge on any atom is -0.490 e. The Hall–Kier alpha value is -3.40. The topological polar surface area (TPSA) is 88.7 Å². The minimum atomic E-state index is -4.60. The van der Waals surface area contributed by atoms with Crippen LogP contribution in [0.3, 0.4) is 0 Å². The average molecular weight is 542 g/mol. The summed E-state index contributed by atoms with van der Waals surface area (Å²) in [6.45, 7) is 5.62. The lowest BCUT2D eigenvalue weighted by Gasteiger charge is -2.27. The van der Waals surface area contributed by atoms with Crippen molar-refractivity contribution >= 4 is 5.97 Å². The number of carboxylic acid groups (broad SMARTS) is 1. The molecule has 0 amide bonds. The van der Waals surface area contributed by atoms with Crippen molar-refractivity contribution < 1.29 is 32.3 Å². The highest BCUT2D eigenvalue weighted by Crippen LogP contribution is 2.51. The number of rotatable bonds is 7. The summed E-state index contributed by atoms with van der Waals surface area (Å²) in [7, 11) is 0. The van der Waals surface area contributed by atoms with Crippen LogP contribution in [0, 0.1) is 5.41 Å². The van der Waals surface area contributed by atoms with E-state index in [1.165, 1.54) is 17.7 Å². The summed E-state index contributed by atoms with van der Waals surface area (Å²) in [5.41, 5.74) is 1.82. The van der Waals surface area contributed by atoms with Gasteiger partial charge in [-0.15, -0.1) is 0 Å². The number of likely N-dealkylation sites (tertiary alicyclic amines) is 1. The molecule has 0 bridgehead atoms. The highest BCUT2D eigenvalue weighted by molar-refractivity contribution is 5.78. The van der Waals surface area contributed by atoms with Crippen LogP contribution in [-0.4, -0.2) is 51.9 Å². The Kier molecular flexibility index (Phi) is 6.02. The van der Waals surface area contributed by atoms with E-state index < -0.39 is 29.2 Å². The van der Waals surface area contributed by atoms with Crippen LogP contribution in [-0.2, 0) is 22.8 Å². The quantitative estimate of drug-likeness (QED) is 0.395. The van der Waals surface area contributed by atoms with Gasteiger partial charge < -0.3 is 19.3 Å². The van der Waals surface area contributed by atoms with Crippen molar-refractivity contribution in [2.24, 2.45) is 5.41 Å². The van der Waals surface area contributed by atoms with Gasteiger partial charge in [-0.2, -0.15) is 18.2 Å². The van der Waals surface area contributed by atoms with Crippen LogP contribution in [0.15, 0.2) is 40.9 Å². The molecule has 7 nitrogen and oxygen atoms in total. The third-order valence-corrected chi connectivity index (χ3v) is 8.43. The fourth-order valence-electron chi connectivity index (χ4n) is 6.29. The molecular formula is C29H30F3N3O4. The predicted octanol–water partition coefficient (Wildman–Crippen LogP) is 5.96. The Labute approximate surface area is 224 Å². The van der Waals surface area contributed by atoms with Gasteiger partial charge in [-0.3, -0.25) is 4.79 Å². The van der Waals surface area contributed by atoms with E-state index in [0.717, 1.165) is 62.4 Å². The normalized spacial score (nSPS) is 22.0. The van der Waals surface area contributed by atoms with Crippen LogP contribution in [0.4, 0.5) is 13.2 Å². The van der Waals surface area contributed by atoms with Gasteiger partial charge in [0.2, 0.25) is 5.82 Å². The average Bonchev–Trinajstić information content (AvgIpc) is 3.20. The van der Waals surface area contributed by atoms with E-state index in [-0.39, 0.29) is 22.6 Å². The molecule has 2 fully saturated rings. The molecule has 2 aliphatic carbocycles. The van der Waals surface area contributed by atoms with Crippen LogP contribution in [0.2, 0.25) is 0 Å². The second kappa shape index (κ2) is 9.08. The molecule has 1 atom stereocenters. The predicted molar refractivity (Wildman–Crippen MR) is 136 cm³/mol. The summed E-state index contributed by atoms with van der Waals surface area (Å²) in [5.74, 6) is -0.594. The number of aromatic nitrogens is 2. The molecule has 1 spiro atoms. The fourth-order valence-corrected chi connectivity index (χ4v) is 6.29. The van der Waals surface area contributed by atoms with E-state index >= 15 is 0 Å². The van der Waals surface area contributed by atoms with Crippen LogP contribution in [0.5, 0.6) is 5.75 Å². The highest BCUT2D eigenvalue weighted by Gasteiger charge is 2.54. The molecule has 2 heterocycles. The maximum atomic E-state index is 13.7. The Morgan fingerprint density at radius 2 is 1.97 bits per heavy atom. The molecule has 1 saturated carbocycles. The van der Waals surface area contributed by atoms with Gasteiger partial charge in [0.25, 0.3) is 5.89 Å². The SMILES string of the molecule is CC(C)Oc1ccc(-c2nc(-c3cccc4c3CCC43CCN(CC4(C(=O)O)CC4)C3)no2)cc1C(F)(F)F. The fraction of sp³-hybridized carbons (Fsp3) is 0.483. The van der Waals surface area contributed by atoms with E-state index in [0.29, 0.717) is 12.4 Å². The second-order valence-corrected chi connectivity index (χ2v) is 11.5. The van der Waals surface area contributed by atoms with Crippen molar-refractivity contribution in [2.75, 3.05) is 19.6 Å². The van der Waals surface area contributed by atoms with Gasteiger partial charge in [-0.1, -0.05) is 23.4 Å². The molecule has 1 unspecified atom stereocenters. The number of fused-ring (bicyclic) bond motifs is 2. The third-order valence-electron chi connectivity index (χ3n) is 8.43. The molecule has 1 aromatic heterocycles. The van der Waals surface area contributed by atoms with Gasteiger partial charge in [0.15, 0.2) is 0 Å². The van der Waals surface area contributed by atoms with Gasteiger partial charge in [-0.05, 0) is 81.8 Å². The number of carboxylic acids is 1. The van der Waals surface area contributed by atoms with E-state index in [1.807, 2.05) is 12.1 Å². The first-order chi connectivity index (χ1) is 18.5. The van der Waals surface area contributed by atoms with Gasteiger partial charge in [0, 0.05) is 29.6 Å². The lowest BCUT2D eigenvalue weighted by molar-refractivity contribution is -0.144. The largest absolute Gasteiger partial charge is 0.490 e. The molecule has 6 rings (SSSR count). The molecule has 3 aromatic rings. The Balaban J connectivity index is 1.27. The maximum absolute atomic E-state index is 13.7. The molecule has 10 heteroatoms. The first kappa shape index (κ1) is 25.9. The van der Waals surface area contributed by atoms with Crippen molar-refractivity contribution in [3.05, 3.63) is 53.1 Å². The number of benzene rings is 2. The molecule has 1 aliphatic heterocycles. The van der Waals surface area contributed by atoms with Crippen molar-refractivity contribution in [2.45, 2.75) is 63.6 Å². The zero-order valence-corrected chi connectivity index (χ0v) is 21.8. The van der Waals surface area contributed by atoms with Gasteiger partial charge >= 0.3 is 12.1 Å². The first-order valence-corrected chi connectivity index (χ1v) is 13.3. The maximum Gasteiger partial charge on any atom is 0.419 e.